The van der Waals surface area contributed by atoms with E-state index < -0.39 is 17.6 Å². The van der Waals surface area contributed by atoms with Gasteiger partial charge in [-0.05, 0) is 36.4 Å². The molecule has 0 saturated carbocycles. The van der Waals surface area contributed by atoms with Crippen LogP contribution in [0, 0.1) is 0 Å². The monoisotopic (exact) mass is 363 g/mol. The second kappa shape index (κ2) is 7.10. The molecule has 0 atom stereocenters. The predicted molar refractivity (Wildman–Crippen MR) is 82.0 cm³/mol. The van der Waals surface area contributed by atoms with Crippen molar-refractivity contribution < 1.29 is 22.7 Å². The first-order valence-electron chi connectivity index (χ1n) is 6.31. The molecule has 0 aliphatic rings. The van der Waals surface area contributed by atoms with Crippen LogP contribution >= 0.6 is 23.2 Å². The molecule has 3 nitrogen and oxygen atoms in total. The first-order valence-corrected chi connectivity index (χ1v) is 7.07. The maximum atomic E-state index is 12.4. The van der Waals surface area contributed by atoms with E-state index in [1.165, 1.54) is 0 Å². The Bertz CT molecular complexity index is 703. The third kappa shape index (κ3) is 4.77. The van der Waals surface area contributed by atoms with Crippen LogP contribution < -0.4 is 10.1 Å². The summed E-state index contributed by atoms with van der Waals surface area (Å²) < 4.78 is 42.4. The molecule has 0 aliphatic heterocycles. The van der Waals surface area contributed by atoms with Crippen molar-refractivity contribution in [1.82, 2.24) is 0 Å². The summed E-state index contributed by atoms with van der Waals surface area (Å²) >= 11 is 11.7. The van der Waals surface area contributed by atoms with E-state index in [0.29, 0.717) is 5.69 Å². The van der Waals surface area contributed by atoms with Crippen molar-refractivity contribution in [3.63, 3.8) is 0 Å². The summed E-state index contributed by atoms with van der Waals surface area (Å²) in [6.45, 7) is -0.381. The molecule has 2 aromatic carbocycles. The van der Waals surface area contributed by atoms with E-state index in [2.05, 4.69) is 5.32 Å². The molecule has 23 heavy (non-hydrogen) atoms. The lowest BCUT2D eigenvalue weighted by Crippen LogP contribution is -2.20. The van der Waals surface area contributed by atoms with Crippen LogP contribution in [0.15, 0.2) is 42.5 Å². The number of carbonyl (C=O) groups is 1. The number of alkyl halides is 3. The van der Waals surface area contributed by atoms with E-state index in [-0.39, 0.29) is 22.4 Å². The molecule has 0 fully saturated rings. The minimum atomic E-state index is -4.42. The average Bonchev–Trinajstić information content (AvgIpc) is 2.49. The van der Waals surface area contributed by atoms with Crippen LogP contribution in [0.3, 0.4) is 0 Å². The van der Waals surface area contributed by atoms with Gasteiger partial charge in [0.05, 0.1) is 21.3 Å². The first kappa shape index (κ1) is 17.4. The zero-order valence-corrected chi connectivity index (χ0v) is 13.0. The number of benzene rings is 2. The minimum absolute atomic E-state index is 0.144. The number of amides is 1. The number of ether oxygens (including phenoxy) is 1. The highest BCUT2D eigenvalue weighted by Crippen LogP contribution is 2.31. The van der Waals surface area contributed by atoms with E-state index in [1.54, 1.807) is 18.2 Å². The second-order valence-corrected chi connectivity index (χ2v) is 5.25. The van der Waals surface area contributed by atoms with E-state index >= 15 is 0 Å². The molecule has 2 aromatic rings. The number of hydrogen-bond acceptors (Lipinski definition) is 2. The molecule has 2 rings (SSSR count). The fourth-order valence-electron chi connectivity index (χ4n) is 1.68. The van der Waals surface area contributed by atoms with Crippen LogP contribution in [0.1, 0.15) is 5.56 Å². The number of hydrogen-bond donors (Lipinski definition) is 1. The van der Waals surface area contributed by atoms with Gasteiger partial charge in [-0.1, -0.05) is 29.3 Å². The molecule has 8 heteroatoms. The fraction of sp³-hybridized carbons (Fsp3) is 0.133. The molecule has 0 radical (unpaired) electrons. The molecule has 0 aromatic heterocycles. The van der Waals surface area contributed by atoms with Gasteiger partial charge in [0.25, 0.3) is 5.91 Å². The Morgan fingerprint density at radius 1 is 1.09 bits per heavy atom. The zero-order chi connectivity index (χ0) is 17.0. The highest BCUT2D eigenvalue weighted by molar-refractivity contribution is 6.43. The first-order chi connectivity index (χ1) is 10.8. The Kier molecular flexibility index (Phi) is 5.38. The second-order valence-electron chi connectivity index (χ2n) is 4.46. The van der Waals surface area contributed by atoms with Crippen LogP contribution in [0.4, 0.5) is 18.9 Å². The maximum Gasteiger partial charge on any atom is 0.416 e. The molecule has 0 aliphatic carbocycles. The molecular formula is C15H10Cl2F3NO2. The van der Waals surface area contributed by atoms with Crippen molar-refractivity contribution in [1.29, 1.82) is 0 Å². The zero-order valence-electron chi connectivity index (χ0n) is 11.5. The third-order valence-corrected chi connectivity index (χ3v) is 3.60. The summed E-state index contributed by atoms with van der Waals surface area (Å²) in [6, 6.07) is 8.77. The lowest BCUT2D eigenvalue weighted by molar-refractivity contribution is -0.137. The van der Waals surface area contributed by atoms with Gasteiger partial charge in [-0.2, -0.15) is 13.2 Å². The summed E-state index contributed by atoms with van der Waals surface area (Å²) in [7, 11) is 0. The topological polar surface area (TPSA) is 38.3 Å². The SMILES string of the molecule is O=C(COc1ccc(C(F)(F)F)cc1)Nc1cccc(Cl)c1Cl. The summed E-state index contributed by atoms with van der Waals surface area (Å²) in [6.07, 6.45) is -4.42. The molecule has 0 spiro atoms. The normalized spacial score (nSPS) is 11.2. The minimum Gasteiger partial charge on any atom is -0.484 e. The molecule has 122 valence electrons. The summed E-state index contributed by atoms with van der Waals surface area (Å²) in [5, 5.41) is 2.97. The summed E-state index contributed by atoms with van der Waals surface area (Å²) in [5.74, 6) is -0.376. The van der Waals surface area contributed by atoms with Crippen molar-refractivity contribution in [3.8, 4) is 5.75 Å². The van der Waals surface area contributed by atoms with Gasteiger partial charge in [-0.15, -0.1) is 0 Å². The molecule has 0 saturated heterocycles. The van der Waals surface area contributed by atoms with Crippen LogP contribution in [-0.2, 0) is 11.0 Å². The van der Waals surface area contributed by atoms with Crippen LogP contribution in [-0.4, -0.2) is 12.5 Å². The highest BCUT2D eigenvalue weighted by atomic mass is 35.5. The largest absolute Gasteiger partial charge is 0.484 e. The lowest BCUT2D eigenvalue weighted by atomic mass is 10.2. The molecule has 1 amide bonds. The van der Waals surface area contributed by atoms with E-state index in [9.17, 15) is 18.0 Å². The van der Waals surface area contributed by atoms with Crippen molar-refractivity contribution in [3.05, 3.63) is 58.1 Å². The van der Waals surface area contributed by atoms with Crippen LogP contribution in [0.2, 0.25) is 10.0 Å². The van der Waals surface area contributed by atoms with Crippen molar-refractivity contribution in [2.24, 2.45) is 0 Å². The molecule has 0 unspecified atom stereocenters. The van der Waals surface area contributed by atoms with Crippen LogP contribution in [0.25, 0.3) is 0 Å². The highest BCUT2D eigenvalue weighted by Gasteiger charge is 2.30. The van der Waals surface area contributed by atoms with Gasteiger partial charge < -0.3 is 10.1 Å². The number of anilines is 1. The summed E-state index contributed by atoms with van der Waals surface area (Å²) in [4.78, 5) is 11.8. The Labute approximate surface area is 140 Å². The van der Waals surface area contributed by atoms with Gasteiger partial charge in [0, 0.05) is 0 Å². The molecular weight excluding hydrogens is 354 g/mol. The van der Waals surface area contributed by atoms with E-state index in [1.807, 2.05) is 0 Å². The Morgan fingerprint density at radius 3 is 2.35 bits per heavy atom. The number of halogens is 5. The van der Waals surface area contributed by atoms with Gasteiger partial charge in [0.2, 0.25) is 0 Å². The maximum absolute atomic E-state index is 12.4. The molecule has 0 heterocycles. The third-order valence-electron chi connectivity index (χ3n) is 2.78. The Balaban J connectivity index is 1.93. The van der Waals surface area contributed by atoms with Gasteiger partial charge in [-0.25, -0.2) is 0 Å². The van der Waals surface area contributed by atoms with Crippen molar-refractivity contribution >= 4 is 34.8 Å². The van der Waals surface area contributed by atoms with Gasteiger partial charge in [-0.3, -0.25) is 4.79 Å². The van der Waals surface area contributed by atoms with Gasteiger partial charge >= 0.3 is 6.18 Å². The smallest absolute Gasteiger partial charge is 0.416 e. The van der Waals surface area contributed by atoms with Crippen molar-refractivity contribution in [2.45, 2.75) is 6.18 Å². The molecule has 1 N–H and O–H groups in total. The Morgan fingerprint density at radius 2 is 1.74 bits per heavy atom. The van der Waals surface area contributed by atoms with Gasteiger partial charge in [0.1, 0.15) is 5.75 Å². The van der Waals surface area contributed by atoms with E-state index in [4.69, 9.17) is 27.9 Å². The van der Waals surface area contributed by atoms with Crippen molar-refractivity contribution in [2.75, 3.05) is 11.9 Å². The standard InChI is InChI=1S/C15H10Cl2F3NO2/c16-11-2-1-3-12(14(11)17)21-13(22)8-23-10-6-4-9(5-7-10)15(18,19)20/h1-7H,8H2,(H,21,22). The number of nitrogens with one attached hydrogen (secondary N) is 1. The predicted octanol–water partition coefficient (Wildman–Crippen LogP) is 5.03. The Hall–Kier alpha value is -1.92. The lowest BCUT2D eigenvalue weighted by Gasteiger charge is -2.10. The van der Waals surface area contributed by atoms with E-state index in [0.717, 1.165) is 24.3 Å². The average molecular weight is 364 g/mol. The molecule has 0 bridgehead atoms. The summed E-state index contributed by atoms with van der Waals surface area (Å²) in [5.41, 5.74) is -0.472. The fourth-order valence-corrected chi connectivity index (χ4v) is 2.02. The number of rotatable bonds is 4. The van der Waals surface area contributed by atoms with Crippen LogP contribution in [0.5, 0.6) is 5.75 Å². The van der Waals surface area contributed by atoms with Gasteiger partial charge in [0.15, 0.2) is 6.61 Å². The number of carbonyl (C=O) groups excluding carboxylic acids is 1. The quantitative estimate of drug-likeness (QED) is 0.827.